The van der Waals surface area contributed by atoms with E-state index in [4.69, 9.17) is 0 Å². The van der Waals surface area contributed by atoms with Crippen molar-refractivity contribution in [3.8, 4) is 0 Å². The molecule has 0 unspecified atom stereocenters. The van der Waals surface area contributed by atoms with Gasteiger partial charge in [0.15, 0.2) is 0 Å². The highest BCUT2D eigenvalue weighted by Crippen LogP contribution is 2.34. The average molecular weight is 368 g/mol. The van der Waals surface area contributed by atoms with Gasteiger partial charge in [0.1, 0.15) is 11.2 Å². The fraction of sp³-hybridized carbons (Fsp3) is 0.400. The van der Waals surface area contributed by atoms with Crippen molar-refractivity contribution < 1.29 is 15.0 Å². The molecular formula is C20H24N4O3. The molecule has 0 aliphatic carbocycles. The number of rotatable bonds is 4. The van der Waals surface area contributed by atoms with E-state index in [9.17, 15) is 15.0 Å². The number of fused-ring (bicyclic) bond motifs is 1. The lowest BCUT2D eigenvalue weighted by Crippen LogP contribution is -2.56. The number of carbonyl (C=O) groups is 1. The zero-order valence-corrected chi connectivity index (χ0v) is 15.3. The Morgan fingerprint density at radius 3 is 2.81 bits per heavy atom. The predicted octanol–water partition coefficient (Wildman–Crippen LogP) is 1.10. The van der Waals surface area contributed by atoms with Gasteiger partial charge in [-0.15, -0.1) is 0 Å². The zero-order valence-electron chi connectivity index (χ0n) is 15.3. The minimum Gasteiger partial charge on any atom is -0.396 e. The van der Waals surface area contributed by atoms with E-state index in [1.165, 1.54) is 0 Å². The molecular weight excluding hydrogens is 344 g/mol. The van der Waals surface area contributed by atoms with Crippen LogP contribution in [0.2, 0.25) is 0 Å². The fourth-order valence-corrected chi connectivity index (χ4v) is 4.08. The van der Waals surface area contributed by atoms with Crippen LogP contribution in [-0.4, -0.2) is 61.0 Å². The maximum Gasteiger partial charge on any atom is 0.259 e. The molecule has 0 saturated carbocycles. The Hall–Kier alpha value is -2.64. The summed E-state index contributed by atoms with van der Waals surface area (Å²) in [5, 5.41) is 25.1. The lowest BCUT2D eigenvalue weighted by Gasteiger charge is -2.45. The molecule has 142 valence electrons. The standard InChI is InChI=1S/C20H24N4O3/c1-22-9-10-24-18(22)16(12-21-24)19(27)23-8-7-17(26)20(13-23,14-25)11-15-5-3-2-4-6-15/h2-6,9-10,12,17,25-26H,7-8,11,13-14H2,1H3/t17-,20+/m1/s1. The van der Waals surface area contributed by atoms with Crippen molar-refractivity contribution in [2.24, 2.45) is 12.5 Å². The number of aliphatic hydroxyl groups excluding tert-OH is 2. The first kappa shape index (κ1) is 17.8. The van der Waals surface area contributed by atoms with Crippen LogP contribution in [0.25, 0.3) is 5.65 Å². The van der Waals surface area contributed by atoms with Crippen molar-refractivity contribution in [3.63, 3.8) is 0 Å². The Morgan fingerprint density at radius 2 is 2.07 bits per heavy atom. The average Bonchev–Trinajstić information content (AvgIpc) is 3.27. The molecule has 1 aliphatic rings. The summed E-state index contributed by atoms with van der Waals surface area (Å²) < 4.78 is 3.54. The van der Waals surface area contributed by atoms with Crippen LogP contribution in [0.4, 0.5) is 0 Å². The van der Waals surface area contributed by atoms with Crippen LogP contribution in [0.5, 0.6) is 0 Å². The summed E-state index contributed by atoms with van der Waals surface area (Å²) in [5.74, 6) is -0.121. The molecule has 0 spiro atoms. The van der Waals surface area contributed by atoms with Crippen LogP contribution < -0.4 is 0 Å². The van der Waals surface area contributed by atoms with Crippen molar-refractivity contribution >= 4 is 11.6 Å². The number of amides is 1. The number of likely N-dealkylation sites (tertiary alicyclic amines) is 1. The minimum atomic E-state index is -0.768. The quantitative estimate of drug-likeness (QED) is 0.722. The van der Waals surface area contributed by atoms with Crippen LogP contribution in [0.15, 0.2) is 48.9 Å². The van der Waals surface area contributed by atoms with Gasteiger partial charge in [0, 0.05) is 37.9 Å². The zero-order chi connectivity index (χ0) is 19.0. The van der Waals surface area contributed by atoms with Gasteiger partial charge in [0.05, 0.1) is 18.9 Å². The molecule has 3 aromatic rings. The van der Waals surface area contributed by atoms with E-state index in [1.807, 2.05) is 48.1 Å². The van der Waals surface area contributed by atoms with E-state index in [-0.39, 0.29) is 12.5 Å². The second-order valence-electron chi connectivity index (χ2n) is 7.45. The maximum absolute atomic E-state index is 13.2. The number of piperidine rings is 1. The highest BCUT2D eigenvalue weighted by atomic mass is 16.3. The molecule has 3 heterocycles. The van der Waals surface area contributed by atoms with Gasteiger partial charge >= 0.3 is 0 Å². The largest absolute Gasteiger partial charge is 0.396 e. The molecule has 7 heteroatoms. The first-order chi connectivity index (χ1) is 13.0. The van der Waals surface area contributed by atoms with Crippen LogP contribution in [-0.2, 0) is 13.5 Å². The summed E-state index contributed by atoms with van der Waals surface area (Å²) in [5.41, 5.74) is 1.54. The number of carbonyl (C=O) groups excluding carboxylic acids is 1. The van der Waals surface area contributed by atoms with Gasteiger partial charge in [-0.05, 0) is 18.4 Å². The van der Waals surface area contributed by atoms with Gasteiger partial charge in [-0.3, -0.25) is 4.79 Å². The van der Waals surface area contributed by atoms with E-state index >= 15 is 0 Å². The minimum absolute atomic E-state index is 0.121. The second kappa shape index (κ2) is 6.83. The fourth-order valence-electron chi connectivity index (χ4n) is 4.08. The van der Waals surface area contributed by atoms with Crippen molar-refractivity contribution in [2.75, 3.05) is 19.7 Å². The normalized spacial score (nSPS) is 23.1. The van der Waals surface area contributed by atoms with Gasteiger partial charge in [-0.1, -0.05) is 30.3 Å². The number of aliphatic hydroxyl groups is 2. The number of benzene rings is 1. The number of aromatic nitrogens is 3. The summed E-state index contributed by atoms with van der Waals surface area (Å²) in [6.45, 7) is 0.582. The molecule has 0 bridgehead atoms. The topological polar surface area (TPSA) is 83.0 Å². The van der Waals surface area contributed by atoms with E-state index in [1.54, 1.807) is 21.8 Å². The van der Waals surface area contributed by atoms with Crippen molar-refractivity contribution in [1.29, 1.82) is 0 Å². The van der Waals surface area contributed by atoms with Crippen LogP contribution in [0.1, 0.15) is 22.3 Å². The third kappa shape index (κ3) is 3.02. The number of aryl methyl sites for hydroxylation is 1. The predicted molar refractivity (Wildman–Crippen MR) is 100 cm³/mol. The second-order valence-corrected chi connectivity index (χ2v) is 7.45. The number of hydrogen-bond acceptors (Lipinski definition) is 4. The first-order valence-electron chi connectivity index (χ1n) is 9.15. The molecule has 2 N–H and O–H groups in total. The lowest BCUT2D eigenvalue weighted by atomic mass is 9.73. The molecule has 1 saturated heterocycles. The summed E-state index contributed by atoms with van der Waals surface area (Å²) in [6.07, 6.45) is 5.54. The molecule has 1 fully saturated rings. The number of hydrogen-bond donors (Lipinski definition) is 2. The summed E-state index contributed by atoms with van der Waals surface area (Å²) in [7, 11) is 1.88. The first-order valence-corrected chi connectivity index (χ1v) is 9.15. The SMILES string of the molecule is Cn1ccn2ncc(C(=O)N3CC[C@@H](O)[C@@](CO)(Cc4ccccc4)C3)c12. The van der Waals surface area contributed by atoms with E-state index in [0.29, 0.717) is 31.5 Å². The number of imidazole rings is 1. The van der Waals surface area contributed by atoms with Gasteiger partial charge in [0.2, 0.25) is 0 Å². The summed E-state index contributed by atoms with van der Waals surface area (Å²) in [6, 6.07) is 9.79. The van der Waals surface area contributed by atoms with Crippen LogP contribution in [0, 0.1) is 5.41 Å². The molecule has 2 aromatic heterocycles. The van der Waals surface area contributed by atoms with Crippen molar-refractivity contribution in [2.45, 2.75) is 18.9 Å². The van der Waals surface area contributed by atoms with Crippen molar-refractivity contribution in [1.82, 2.24) is 19.1 Å². The molecule has 0 radical (unpaired) electrons. The van der Waals surface area contributed by atoms with Crippen molar-refractivity contribution in [3.05, 3.63) is 60.0 Å². The van der Waals surface area contributed by atoms with Gasteiger partial charge in [-0.25, -0.2) is 4.52 Å². The van der Waals surface area contributed by atoms with E-state index < -0.39 is 11.5 Å². The smallest absolute Gasteiger partial charge is 0.259 e. The van der Waals surface area contributed by atoms with E-state index in [2.05, 4.69) is 5.10 Å². The summed E-state index contributed by atoms with van der Waals surface area (Å²) >= 11 is 0. The Balaban J connectivity index is 1.62. The Morgan fingerprint density at radius 1 is 1.30 bits per heavy atom. The van der Waals surface area contributed by atoms with Gasteiger partial charge < -0.3 is 19.7 Å². The van der Waals surface area contributed by atoms with Crippen LogP contribution in [0.3, 0.4) is 0 Å². The monoisotopic (exact) mass is 368 g/mol. The molecule has 4 rings (SSSR count). The molecule has 27 heavy (non-hydrogen) atoms. The highest BCUT2D eigenvalue weighted by molar-refractivity contribution is 5.99. The lowest BCUT2D eigenvalue weighted by molar-refractivity contribution is -0.0668. The van der Waals surface area contributed by atoms with E-state index in [0.717, 1.165) is 11.2 Å². The Kier molecular flexibility index (Phi) is 4.49. The summed E-state index contributed by atoms with van der Waals surface area (Å²) in [4.78, 5) is 14.9. The molecule has 1 amide bonds. The molecule has 7 nitrogen and oxygen atoms in total. The third-order valence-corrected chi connectivity index (χ3v) is 5.65. The Labute approximate surface area is 157 Å². The number of nitrogens with zero attached hydrogens (tertiary/aromatic N) is 4. The molecule has 2 atom stereocenters. The maximum atomic E-state index is 13.2. The van der Waals surface area contributed by atoms with Gasteiger partial charge in [-0.2, -0.15) is 5.10 Å². The third-order valence-electron chi connectivity index (χ3n) is 5.65. The molecule has 1 aliphatic heterocycles. The molecule has 1 aromatic carbocycles. The van der Waals surface area contributed by atoms with Gasteiger partial charge in [0.25, 0.3) is 5.91 Å². The van der Waals surface area contributed by atoms with Crippen LogP contribution >= 0.6 is 0 Å². The Bertz CT molecular complexity index is 949. The highest BCUT2D eigenvalue weighted by Gasteiger charge is 2.44.